The Morgan fingerprint density at radius 3 is 2.57 bits per heavy atom. The molecule has 3 amide bonds. The first-order valence-corrected chi connectivity index (χ1v) is 6.92. The highest BCUT2D eigenvalue weighted by atomic mass is 35.5. The van der Waals surface area contributed by atoms with Crippen LogP contribution in [0.25, 0.3) is 0 Å². The molecule has 0 saturated heterocycles. The number of hydrogen-bond acceptors (Lipinski definition) is 3. The predicted octanol–water partition coefficient (Wildman–Crippen LogP) is 0.711. The van der Waals surface area contributed by atoms with Crippen LogP contribution >= 0.6 is 11.6 Å². The van der Waals surface area contributed by atoms with Gasteiger partial charge in [0, 0.05) is 17.1 Å². The zero-order valence-electron chi connectivity index (χ0n) is 11.9. The van der Waals surface area contributed by atoms with E-state index in [0.717, 1.165) is 0 Å². The van der Waals surface area contributed by atoms with Crippen molar-refractivity contribution in [2.75, 3.05) is 13.1 Å². The minimum absolute atomic E-state index is 0.213. The van der Waals surface area contributed by atoms with E-state index in [-0.39, 0.29) is 12.5 Å². The molecule has 0 aliphatic rings. The van der Waals surface area contributed by atoms with E-state index < -0.39 is 17.9 Å². The second-order valence-corrected chi connectivity index (χ2v) is 4.81. The lowest BCUT2D eigenvalue weighted by molar-refractivity contribution is -0.128. The molecule has 0 aliphatic carbocycles. The van der Waals surface area contributed by atoms with Gasteiger partial charge in [-0.3, -0.25) is 14.4 Å². The van der Waals surface area contributed by atoms with Gasteiger partial charge >= 0.3 is 0 Å². The summed E-state index contributed by atoms with van der Waals surface area (Å²) in [5.41, 5.74) is 0.368. The number of rotatable bonds is 6. The SMILES string of the molecule is CCNC(=O)[C@@H](C)NC(=O)CNC(=O)c1cccc(Cl)c1. The molecule has 0 bridgehead atoms. The highest BCUT2D eigenvalue weighted by Crippen LogP contribution is 2.10. The van der Waals surface area contributed by atoms with Crippen molar-refractivity contribution in [3.8, 4) is 0 Å². The van der Waals surface area contributed by atoms with Crippen LogP contribution in [-0.4, -0.2) is 36.9 Å². The van der Waals surface area contributed by atoms with E-state index in [9.17, 15) is 14.4 Å². The fraction of sp³-hybridized carbons (Fsp3) is 0.357. The number of carbonyl (C=O) groups excluding carboxylic acids is 3. The lowest BCUT2D eigenvalue weighted by Gasteiger charge is -2.13. The maximum absolute atomic E-state index is 11.8. The minimum Gasteiger partial charge on any atom is -0.355 e. The zero-order valence-corrected chi connectivity index (χ0v) is 12.7. The Balaban J connectivity index is 2.42. The quantitative estimate of drug-likeness (QED) is 0.723. The van der Waals surface area contributed by atoms with E-state index in [4.69, 9.17) is 11.6 Å². The van der Waals surface area contributed by atoms with E-state index in [1.807, 2.05) is 0 Å². The first-order chi connectivity index (χ1) is 9.93. The second-order valence-electron chi connectivity index (χ2n) is 4.38. The van der Waals surface area contributed by atoms with E-state index in [1.54, 1.807) is 32.0 Å². The molecule has 0 spiro atoms. The van der Waals surface area contributed by atoms with Crippen LogP contribution in [0.1, 0.15) is 24.2 Å². The van der Waals surface area contributed by atoms with Crippen molar-refractivity contribution in [1.29, 1.82) is 0 Å². The third-order valence-corrected chi connectivity index (χ3v) is 2.85. The van der Waals surface area contributed by atoms with Crippen molar-refractivity contribution < 1.29 is 14.4 Å². The first-order valence-electron chi connectivity index (χ1n) is 6.55. The van der Waals surface area contributed by atoms with E-state index in [1.165, 1.54) is 6.07 Å². The van der Waals surface area contributed by atoms with Gasteiger partial charge in [-0.15, -0.1) is 0 Å². The first kappa shape index (κ1) is 17.0. The van der Waals surface area contributed by atoms with Crippen LogP contribution < -0.4 is 16.0 Å². The van der Waals surface area contributed by atoms with Crippen molar-refractivity contribution >= 4 is 29.3 Å². The summed E-state index contributed by atoms with van der Waals surface area (Å²) in [5, 5.41) is 7.99. The molecule has 3 N–H and O–H groups in total. The maximum atomic E-state index is 11.8. The number of carbonyl (C=O) groups is 3. The lowest BCUT2D eigenvalue weighted by atomic mass is 10.2. The fourth-order valence-electron chi connectivity index (χ4n) is 1.58. The maximum Gasteiger partial charge on any atom is 0.251 e. The summed E-state index contributed by atoms with van der Waals surface area (Å²) in [4.78, 5) is 34.9. The number of halogens is 1. The molecular weight excluding hydrogens is 294 g/mol. The summed E-state index contributed by atoms with van der Waals surface area (Å²) in [6, 6.07) is 5.75. The van der Waals surface area contributed by atoms with Gasteiger partial charge in [-0.25, -0.2) is 0 Å². The van der Waals surface area contributed by atoms with Crippen LogP contribution in [-0.2, 0) is 9.59 Å². The molecule has 0 aromatic heterocycles. The molecule has 1 aromatic rings. The number of amides is 3. The molecule has 0 fully saturated rings. The van der Waals surface area contributed by atoms with Crippen molar-refractivity contribution in [3.63, 3.8) is 0 Å². The minimum atomic E-state index is -0.652. The molecule has 0 heterocycles. The van der Waals surface area contributed by atoms with Gasteiger partial charge in [-0.2, -0.15) is 0 Å². The van der Waals surface area contributed by atoms with E-state index in [2.05, 4.69) is 16.0 Å². The molecule has 0 saturated carbocycles. The number of likely N-dealkylation sites (N-methyl/N-ethyl adjacent to an activating group) is 1. The van der Waals surface area contributed by atoms with Gasteiger partial charge in [0.15, 0.2) is 0 Å². The van der Waals surface area contributed by atoms with Gasteiger partial charge in [0.2, 0.25) is 11.8 Å². The predicted molar refractivity (Wildman–Crippen MR) is 80.1 cm³/mol. The Morgan fingerprint density at radius 2 is 1.95 bits per heavy atom. The van der Waals surface area contributed by atoms with Gasteiger partial charge in [-0.1, -0.05) is 17.7 Å². The molecule has 0 aliphatic heterocycles. The lowest BCUT2D eigenvalue weighted by Crippen LogP contribution is -2.47. The Hall–Kier alpha value is -2.08. The topological polar surface area (TPSA) is 87.3 Å². The summed E-state index contributed by atoms with van der Waals surface area (Å²) >= 11 is 5.78. The van der Waals surface area contributed by atoms with Gasteiger partial charge in [0.05, 0.1) is 6.54 Å². The monoisotopic (exact) mass is 311 g/mol. The zero-order chi connectivity index (χ0) is 15.8. The molecule has 0 unspecified atom stereocenters. The molecule has 21 heavy (non-hydrogen) atoms. The average Bonchev–Trinajstić information content (AvgIpc) is 2.45. The fourth-order valence-corrected chi connectivity index (χ4v) is 1.77. The highest BCUT2D eigenvalue weighted by Gasteiger charge is 2.15. The van der Waals surface area contributed by atoms with E-state index >= 15 is 0 Å². The standard InChI is InChI=1S/C14H18ClN3O3/c1-3-16-13(20)9(2)18-12(19)8-17-14(21)10-5-4-6-11(15)7-10/h4-7,9H,3,8H2,1-2H3,(H,16,20)(H,17,21)(H,18,19)/t9-/m1/s1. The summed E-state index contributed by atoms with van der Waals surface area (Å²) in [6.45, 7) is 3.64. The number of benzene rings is 1. The van der Waals surface area contributed by atoms with Crippen molar-refractivity contribution in [1.82, 2.24) is 16.0 Å². The summed E-state index contributed by atoms with van der Waals surface area (Å²) in [5.74, 6) is -1.12. The molecule has 1 aromatic carbocycles. The molecule has 1 atom stereocenters. The van der Waals surface area contributed by atoms with Crippen LogP contribution in [0.4, 0.5) is 0 Å². The Kier molecular flexibility index (Phi) is 6.68. The molecule has 1 rings (SSSR count). The van der Waals surface area contributed by atoms with Gasteiger partial charge in [0.25, 0.3) is 5.91 Å². The molecule has 114 valence electrons. The van der Waals surface area contributed by atoms with Crippen molar-refractivity contribution in [2.24, 2.45) is 0 Å². The third-order valence-electron chi connectivity index (χ3n) is 2.62. The second kappa shape index (κ2) is 8.26. The van der Waals surface area contributed by atoms with E-state index in [0.29, 0.717) is 17.1 Å². The number of nitrogens with one attached hydrogen (secondary N) is 3. The highest BCUT2D eigenvalue weighted by molar-refractivity contribution is 6.30. The summed E-state index contributed by atoms with van der Waals surface area (Å²) in [6.07, 6.45) is 0. The summed E-state index contributed by atoms with van der Waals surface area (Å²) < 4.78 is 0. The largest absolute Gasteiger partial charge is 0.355 e. The smallest absolute Gasteiger partial charge is 0.251 e. The average molecular weight is 312 g/mol. The van der Waals surface area contributed by atoms with Crippen LogP contribution in [0.3, 0.4) is 0 Å². The third kappa shape index (κ3) is 5.83. The number of hydrogen-bond donors (Lipinski definition) is 3. The van der Waals surface area contributed by atoms with Gasteiger partial charge < -0.3 is 16.0 Å². The molecule has 6 nitrogen and oxygen atoms in total. The van der Waals surface area contributed by atoms with Gasteiger partial charge in [0.1, 0.15) is 6.04 Å². The molecule has 0 radical (unpaired) electrons. The van der Waals surface area contributed by atoms with Crippen molar-refractivity contribution in [2.45, 2.75) is 19.9 Å². The normalized spacial score (nSPS) is 11.4. The van der Waals surface area contributed by atoms with Crippen LogP contribution in [0.5, 0.6) is 0 Å². The van der Waals surface area contributed by atoms with Gasteiger partial charge in [-0.05, 0) is 32.0 Å². The Morgan fingerprint density at radius 1 is 1.24 bits per heavy atom. The molecule has 7 heteroatoms. The van der Waals surface area contributed by atoms with Crippen LogP contribution in [0.2, 0.25) is 5.02 Å². The Bertz CT molecular complexity index is 534. The van der Waals surface area contributed by atoms with Crippen molar-refractivity contribution in [3.05, 3.63) is 34.9 Å². The van der Waals surface area contributed by atoms with Crippen LogP contribution in [0.15, 0.2) is 24.3 Å². The van der Waals surface area contributed by atoms with Crippen LogP contribution in [0, 0.1) is 0 Å². The molecular formula is C14H18ClN3O3. The summed E-state index contributed by atoms with van der Waals surface area (Å²) in [7, 11) is 0. The Labute approximate surface area is 128 Å².